The van der Waals surface area contributed by atoms with Gasteiger partial charge >= 0.3 is 5.97 Å². The van der Waals surface area contributed by atoms with Crippen LogP contribution in [0.4, 0.5) is 0 Å². The van der Waals surface area contributed by atoms with Crippen molar-refractivity contribution in [1.82, 2.24) is 5.43 Å². The number of carbonyl (C=O) groups is 2. The monoisotopic (exact) mass is 554 g/mol. The van der Waals surface area contributed by atoms with Crippen molar-refractivity contribution in [2.45, 2.75) is 13.0 Å². The summed E-state index contributed by atoms with van der Waals surface area (Å²) in [6, 6.07) is 31.9. The van der Waals surface area contributed by atoms with Gasteiger partial charge in [-0.3, -0.25) is 4.79 Å². The minimum Gasteiger partial charge on any atom is -0.481 e. The molecule has 1 N–H and O–H groups in total. The normalized spacial score (nSPS) is 11.8. The highest BCUT2D eigenvalue weighted by atomic mass is 35.5. The van der Waals surface area contributed by atoms with Crippen LogP contribution in [0, 0.1) is 0 Å². The van der Waals surface area contributed by atoms with Gasteiger partial charge in [0.25, 0.3) is 5.91 Å². The summed E-state index contributed by atoms with van der Waals surface area (Å²) in [5, 5.41) is 5.20. The molecule has 4 aromatic carbocycles. The van der Waals surface area contributed by atoms with Gasteiger partial charge < -0.3 is 9.47 Å². The second kappa shape index (κ2) is 11.9. The van der Waals surface area contributed by atoms with Gasteiger partial charge in [-0.1, -0.05) is 84.4 Å². The third kappa shape index (κ3) is 6.17. The fraction of sp³-hybridized carbons (Fsp3) is 0.0645. The van der Waals surface area contributed by atoms with Gasteiger partial charge in [0.1, 0.15) is 16.4 Å². The Morgan fingerprint density at radius 1 is 0.872 bits per heavy atom. The molecule has 1 atom stereocenters. The first-order chi connectivity index (χ1) is 19.0. The van der Waals surface area contributed by atoms with Gasteiger partial charge in [0, 0.05) is 15.6 Å². The lowest BCUT2D eigenvalue weighted by Gasteiger charge is -2.13. The van der Waals surface area contributed by atoms with Crippen molar-refractivity contribution in [2.24, 2.45) is 5.10 Å². The Hall–Kier alpha value is -4.46. The topological polar surface area (TPSA) is 77.0 Å². The van der Waals surface area contributed by atoms with Crippen molar-refractivity contribution in [3.05, 3.63) is 119 Å². The molecule has 0 bridgehead atoms. The summed E-state index contributed by atoms with van der Waals surface area (Å²) in [5.74, 6) is -0.133. The van der Waals surface area contributed by atoms with E-state index in [2.05, 4.69) is 10.5 Å². The fourth-order valence-electron chi connectivity index (χ4n) is 3.84. The molecule has 0 aliphatic rings. The van der Waals surface area contributed by atoms with E-state index in [1.165, 1.54) is 17.6 Å². The SMILES string of the molecule is C[C@@H](Oc1ccc(-c2ccccc2)cc1)C(=O)N/N=C\c1ccccc1OC(=O)c1sc2ccccc2c1Cl. The van der Waals surface area contributed by atoms with Gasteiger partial charge in [0.15, 0.2) is 6.10 Å². The molecule has 6 nitrogen and oxygen atoms in total. The highest BCUT2D eigenvalue weighted by Crippen LogP contribution is 2.36. The number of ether oxygens (including phenoxy) is 2. The number of amides is 1. The quantitative estimate of drug-likeness (QED) is 0.0940. The number of hydrogen-bond acceptors (Lipinski definition) is 6. The fourth-order valence-corrected chi connectivity index (χ4v) is 5.23. The molecule has 0 aliphatic heterocycles. The lowest BCUT2D eigenvalue weighted by Crippen LogP contribution is -2.33. The van der Waals surface area contributed by atoms with Gasteiger partial charge in [-0.25, -0.2) is 10.2 Å². The Morgan fingerprint density at radius 3 is 2.31 bits per heavy atom. The largest absolute Gasteiger partial charge is 0.481 e. The van der Waals surface area contributed by atoms with E-state index in [4.69, 9.17) is 21.1 Å². The van der Waals surface area contributed by atoms with Crippen molar-refractivity contribution >= 4 is 51.1 Å². The summed E-state index contributed by atoms with van der Waals surface area (Å²) in [7, 11) is 0. The number of carbonyl (C=O) groups excluding carboxylic acids is 2. The first kappa shape index (κ1) is 26.2. The molecule has 5 aromatic rings. The van der Waals surface area contributed by atoms with Crippen molar-refractivity contribution in [3.63, 3.8) is 0 Å². The molecular weight excluding hydrogens is 532 g/mol. The Labute approximate surface area is 234 Å². The molecule has 0 aliphatic carbocycles. The average Bonchev–Trinajstić information content (AvgIpc) is 3.31. The summed E-state index contributed by atoms with van der Waals surface area (Å²) >= 11 is 7.69. The zero-order valence-electron chi connectivity index (χ0n) is 20.8. The minimum atomic E-state index is -0.784. The number of hydrogen-bond donors (Lipinski definition) is 1. The van der Waals surface area contributed by atoms with Crippen LogP contribution >= 0.6 is 22.9 Å². The molecule has 0 unspecified atom stereocenters. The van der Waals surface area contributed by atoms with Gasteiger partial charge in [0.05, 0.1) is 11.2 Å². The number of rotatable bonds is 8. The number of hydrazone groups is 1. The maximum atomic E-state index is 12.9. The summed E-state index contributed by atoms with van der Waals surface area (Å²) in [4.78, 5) is 25.7. The van der Waals surface area contributed by atoms with E-state index in [0.717, 1.165) is 21.2 Å². The van der Waals surface area contributed by atoms with E-state index in [1.54, 1.807) is 31.2 Å². The van der Waals surface area contributed by atoms with Crippen molar-refractivity contribution in [2.75, 3.05) is 0 Å². The number of halogens is 1. The second-order valence-corrected chi connectivity index (χ2v) is 9.98. The maximum absolute atomic E-state index is 12.9. The number of esters is 1. The number of para-hydroxylation sites is 1. The molecule has 0 spiro atoms. The molecule has 5 rings (SSSR count). The second-order valence-electron chi connectivity index (χ2n) is 8.55. The lowest BCUT2D eigenvalue weighted by atomic mass is 10.1. The van der Waals surface area contributed by atoms with Crippen LogP contribution in [0.2, 0.25) is 5.02 Å². The molecule has 194 valence electrons. The van der Waals surface area contributed by atoms with Crippen LogP contribution in [0.5, 0.6) is 11.5 Å². The summed E-state index contributed by atoms with van der Waals surface area (Å²) in [6.45, 7) is 1.64. The van der Waals surface area contributed by atoms with Crippen molar-refractivity contribution in [3.8, 4) is 22.6 Å². The minimum absolute atomic E-state index is 0.289. The van der Waals surface area contributed by atoms with E-state index in [1.807, 2.05) is 78.9 Å². The Bertz CT molecular complexity index is 1650. The molecule has 8 heteroatoms. The Balaban J connectivity index is 1.20. The van der Waals surface area contributed by atoms with Crippen LogP contribution in [0.25, 0.3) is 21.2 Å². The van der Waals surface area contributed by atoms with E-state index in [-0.39, 0.29) is 5.75 Å². The molecule has 1 heterocycles. The number of fused-ring (bicyclic) bond motifs is 1. The maximum Gasteiger partial charge on any atom is 0.355 e. The highest BCUT2D eigenvalue weighted by Gasteiger charge is 2.20. The van der Waals surface area contributed by atoms with Crippen LogP contribution in [-0.4, -0.2) is 24.2 Å². The molecule has 0 radical (unpaired) electrons. The van der Waals surface area contributed by atoms with Crippen LogP contribution in [0.15, 0.2) is 108 Å². The summed E-state index contributed by atoms with van der Waals surface area (Å²) < 4.78 is 12.3. The van der Waals surface area contributed by atoms with Gasteiger partial charge in [-0.05, 0) is 48.4 Å². The smallest absolute Gasteiger partial charge is 0.355 e. The molecule has 1 aromatic heterocycles. The summed E-state index contributed by atoms with van der Waals surface area (Å²) in [5.41, 5.74) is 5.13. The zero-order valence-corrected chi connectivity index (χ0v) is 22.4. The number of benzene rings is 4. The Kier molecular flexibility index (Phi) is 8.01. The van der Waals surface area contributed by atoms with Gasteiger partial charge in [0.2, 0.25) is 0 Å². The van der Waals surface area contributed by atoms with Gasteiger partial charge in [-0.2, -0.15) is 5.10 Å². The van der Waals surface area contributed by atoms with Crippen LogP contribution in [0.3, 0.4) is 0 Å². The standard InChI is InChI=1S/C31H23ClN2O4S/c1-20(37-24-17-15-22(16-18-24)21-9-3-2-4-10-21)30(35)34-33-19-23-11-5-7-13-26(23)38-31(36)29-28(32)25-12-6-8-14-27(25)39-29/h2-20H,1H3,(H,34,35)/b33-19-/t20-/m1/s1. The van der Waals surface area contributed by atoms with E-state index >= 15 is 0 Å². The number of nitrogens with one attached hydrogen (secondary N) is 1. The van der Waals surface area contributed by atoms with E-state index in [9.17, 15) is 9.59 Å². The van der Waals surface area contributed by atoms with Gasteiger partial charge in [-0.15, -0.1) is 11.3 Å². The first-order valence-electron chi connectivity index (χ1n) is 12.1. The zero-order chi connectivity index (χ0) is 27.2. The lowest BCUT2D eigenvalue weighted by molar-refractivity contribution is -0.127. The molecule has 0 fully saturated rings. The molecule has 39 heavy (non-hydrogen) atoms. The van der Waals surface area contributed by atoms with Crippen LogP contribution in [-0.2, 0) is 4.79 Å². The van der Waals surface area contributed by atoms with Crippen molar-refractivity contribution in [1.29, 1.82) is 0 Å². The van der Waals surface area contributed by atoms with Crippen molar-refractivity contribution < 1.29 is 19.1 Å². The molecule has 0 saturated heterocycles. The average molecular weight is 555 g/mol. The third-order valence-corrected chi connectivity index (χ3v) is 7.52. The summed E-state index contributed by atoms with van der Waals surface area (Å²) in [6.07, 6.45) is 0.627. The molecule has 0 saturated carbocycles. The van der Waals surface area contributed by atoms with Crippen LogP contribution in [0.1, 0.15) is 22.2 Å². The molecular formula is C31H23ClN2O4S. The Morgan fingerprint density at radius 2 is 1.54 bits per heavy atom. The predicted molar refractivity (Wildman–Crippen MR) is 156 cm³/mol. The van der Waals surface area contributed by atoms with E-state index < -0.39 is 18.0 Å². The number of thiophene rings is 1. The first-order valence-corrected chi connectivity index (χ1v) is 13.3. The van der Waals surface area contributed by atoms with Crippen LogP contribution < -0.4 is 14.9 Å². The third-order valence-electron chi connectivity index (χ3n) is 5.86. The molecule has 1 amide bonds. The highest BCUT2D eigenvalue weighted by molar-refractivity contribution is 7.21. The number of nitrogens with zero attached hydrogens (tertiary/aromatic N) is 1. The van der Waals surface area contributed by atoms with E-state index in [0.29, 0.717) is 21.2 Å². The predicted octanol–water partition coefficient (Wildman–Crippen LogP) is 7.36.